The van der Waals surface area contributed by atoms with Gasteiger partial charge in [0, 0.05) is 32.1 Å². The van der Waals surface area contributed by atoms with Gasteiger partial charge in [-0.05, 0) is 46.1 Å². The second-order valence-corrected chi connectivity index (χ2v) is 10.1. The average Bonchev–Trinajstić information content (AvgIpc) is 3.18. The molecule has 0 aromatic heterocycles. The van der Waals surface area contributed by atoms with Crippen LogP contribution in [0.2, 0.25) is 0 Å². The molecule has 0 bridgehead atoms. The van der Waals surface area contributed by atoms with Gasteiger partial charge in [-0.2, -0.15) is 0 Å². The summed E-state index contributed by atoms with van der Waals surface area (Å²) in [6, 6.07) is 9.71. The fourth-order valence-corrected chi connectivity index (χ4v) is 4.43. The Balaban J connectivity index is 1.42. The van der Waals surface area contributed by atoms with E-state index >= 15 is 0 Å². The summed E-state index contributed by atoms with van der Waals surface area (Å²) < 4.78 is 5.12. The first kappa shape index (κ1) is 25.5. The van der Waals surface area contributed by atoms with Crippen molar-refractivity contribution in [2.45, 2.75) is 64.6 Å². The van der Waals surface area contributed by atoms with Crippen LogP contribution in [-0.4, -0.2) is 71.4 Å². The Kier molecular flexibility index (Phi) is 8.17. The van der Waals surface area contributed by atoms with Crippen molar-refractivity contribution in [1.29, 1.82) is 0 Å². The second kappa shape index (κ2) is 10.9. The van der Waals surface area contributed by atoms with E-state index in [1.165, 1.54) is 0 Å². The number of alkyl carbamates (subject to hydrolysis) is 1. The van der Waals surface area contributed by atoms with E-state index in [9.17, 15) is 19.2 Å². The SMILES string of the molecule is CC(c1ccccc1)N1CC(C(=O)N2CCC(NC(=O)CNC(=O)OC(C)(C)C)CC2)CC1=O. The molecule has 1 aromatic carbocycles. The van der Waals surface area contributed by atoms with Crippen LogP contribution in [0.1, 0.15) is 58.6 Å². The third-order valence-corrected chi connectivity index (χ3v) is 6.22. The number of nitrogens with zero attached hydrogens (tertiary/aromatic N) is 2. The molecule has 2 N–H and O–H groups in total. The molecule has 34 heavy (non-hydrogen) atoms. The van der Waals surface area contributed by atoms with Crippen molar-refractivity contribution in [3.8, 4) is 0 Å². The lowest BCUT2D eigenvalue weighted by Gasteiger charge is -2.34. The minimum absolute atomic E-state index is 0.00693. The summed E-state index contributed by atoms with van der Waals surface area (Å²) in [4.78, 5) is 53.1. The minimum Gasteiger partial charge on any atom is -0.444 e. The van der Waals surface area contributed by atoms with Crippen molar-refractivity contribution in [1.82, 2.24) is 20.4 Å². The highest BCUT2D eigenvalue weighted by atomic mass is 16.6. The first-order valence-corrected chi connectivity index (χ1v) is 11.9. The normalized spacial score (nSPS) is 20.1. The third kappa shape index (κ3) is 6.95. The topological polar surface area (TPSA) is 108 Å². The number of benzene rings is 1. The van der Waals surface area contributed by atoms with Gasteiger partial charge in [0.2, 0.25) is 17.7 Å². The molecule has 2 heterocycles. The van der Waals surface area contributed by atoms with E-state index in [4.69, 9.17) is 4.74 Å². The molecule has 2 aliphatic heterocycles. The smallest absolute Gasteiger partial charge is 0.408 e. The van der Waals surface area contributed by atoms with Crippen molar-refractivity contribution < 1.29 is 23.9 Å². The van der Waals surface area contributed by atoms with Crippen molar-refractivity contribution >= 4 is 23.8 Å². The molecule has 0 radical (unpaired) electrons. The number of nitrogens with one attached hydrogen (secondary N) is 2. The zero-order valence-corrected chi connectivity index (χ0v) is 20.5. The molecule has 0 spiro atoms. The fourth-order valence-electron chi connectivity index (χ4n) is 4.43. The summed E-state index contributed by atoms with van der Waals surface area (Å²) in [5.74, 6) is -0.604. The molecule has 9 heteroatoms. The third-order valence-electron chi connectivity index (χ3n) is 6.22. The van der Waals surface area contributed by atoms with Gasteiger partial charge < -0.3 is 25.2 Å². The number of hydrogen-bond donors (Lipinski definition) is 2. The Morgan fingerprint density at radius 3 is 2.38 bits per heavy atom. The van der Waals surface area contributed by atoms with Crippen LogP contribution in [0.5, 0.6) is 0 Å². The minimum atomic E-state index is -0.634. The predicted molar refractivity (Wildman–Crippen MR) is 127 cm³/mol. The van der Waals surface area contributed by atoms with Crippen LogP contribution in [-0.2, 0) is 19.1 Å². The predicted octanol–water partition coefficient (Wildman–Crippen LogP) is 2.23. The first-order valence-electron chi connectivity index (χ1n) is 11.9. The van der Waals surface area contributed by atoms with E-state index in [1.54, 1.807) is 30.6 Å². The lowest BCUT2D eigenvalue weighted by Crippen LogP contribution is -2.50. The standard InChI is InChI=1S/C25H36N4O5/c1-17(18-8-6-5-7-9-18)29-16-19(14-22(29)31)23(32)28-12-10-20(11-13-28)27-21(30)15-26-24(33)34-25(2,3)4/h5-9,17,19-20H,10-16H2,1-4H3,(H,26,33)(H,27,30). The van der Waals surface area contributed by atoms with E-state index in [0.717, 1.165) is 5.56 Å². The monoisotopic (exact) mass is 472 g/mol. The number of rotatable bonds is 6. The summed E-state index contributed by atoms with van der Waals surface area (Å²) in [5, 5.41) is 5.35. The maximum Gasteiger partial charge on any atom is 0.408 e. The van der Waals surface area contributed by atoms with Crippen LogP contribution >= 0.6 is 0 Å². The summed E-state index contributed by atoms with van der Waals surface area (Å²) in [5.41, 5.74) is 0.433. The molecule has 1 aromatic rings. The van der Waals surface area contributed by atoms with Crippen LogP contribution < -0.4 is 10.6 Å². The lowest BCUT2D eigenvalue weighted by atomic mass is 10.0. The number of likely N-dealkylation sites (tertiary alicyclic amines) is 2. The molecule has 0 aliphatic carbocycles. The Hall–Kier alpha value is -3.10. The van der Waals surface area contributed by atoms with E-state index in [-0.39, 0.29) is 48.7 Å². The molecular formula is C25H36N4O5. The lowest BCUT2D eigenvalue weighted by molar-refractivity contribution is -0.137. The first-order chi connectivity index (χ1) is 16.0. The fraction of sp³-hybridized carbons (Fsp3) is 0.600. The molecule has 2 saturated heterocycles. The Morgan fingerprint density at radius 1 is 1.12 bits per heavy atom. The van der Waals surface area contributed by atoms with Crippen LogP contribution in [0.4, 0.5) is 4.79 Å². The molecular weight excluding hydrogens is 436 g/mol. The van der Waals surface area contributed by atoms with Gasteiger partial charge in [0.15, 0.2) is 0 Å². The zero-order valence-electron chi connectivity index (χ0n) is 20.5. The average molecular weight is 473 g/mol. The molecule has 9 nitrogen and oxygen atoms in total. The van der Waals surface area contributed by atoms with E-state index in [0.29, 0.717) is 32.5 Å². The van der Waals surface area contributed by atoms with E-state index < -0.39 is 11.7 Å². The maximum atomic E-state index is 13.1. The van der Waals surface area contributed by atoms with Gasteiger partial charge in [0.05, 0.1) is 12.0 Å². The van der Waals surface area contributed by atoms with Gasteiger partial charge in [0.1, 0.15) is 12.1 Å². The second-order valence-electron chi connectivity index (χ2n) is 10.1. The molecule has 2 fully saturated rings. The number of amides is 4. The van der Waals surface area contributed by atoms with Crippen LogP contribution in [0.25, 0.3) is 0 Å². The van der Waals surface area contributed by atoms with Crippen LogP contribution in [0, 0.1) is 5.92 Å². The molecule has 2 aliphatic rings. The van der Waals surface area contributed by atoms with Gasteiger partial charge in [-0.15, -0.1) is 0 Å². The number of carbonyl (C=O) groups is 4. The molecule has 0 saturated carbocycles. The highest BCUT2D eigenvalue weighted by Gasteiger charge is 2.39. The molecule has 2 unspecified atom stereocenters. The summed E-state index contributed by atoms with van der Waals surface area (Å²) in [6.07, 6.45) is 0.872. The zero-order chi connectivity index (χ0) is 24.9. The van der Waals surface area contributed by atoms with Gasteiger partial charge in [0.25, 0.3) is 0 Å². The molecule has 186 valence electrons. The highest BCUT2D eigenvalue weighted by molar-refractivity contribution is 5.89. The summed E-state index contributed by atoms with van der Waals surface area (Å²) >= 11 is 0. The molecule has 2 atom stereocenters. The van der Waals surface area contributed by atoms with Crippen molar-refractivity contribution in [2.24, 2.45) is 5.92 Å². The van der Waals surface area contributed by atoms with Gasteiger partial charge >= 0.3 is 6.09 Å². The van der Waals surface area contributed by atoms with E-state index in [1.807, 2.05) is 37.3 Å². The number of carbonyl (C=O) groups excluding carboxylic acids is 4. The van der Waals surface area contributed by atoms with E-state index in [2.05, 4.69) is 10.6 Å². The number of piperidine rings is 1. The van der Waals surface area contributed by atoms with Gasteiger partial charge in [-0.25, -0.2) is 4.79 Å². The summed E-state index contributed by atoms with van der Waals surface area (Å²) in [6.45, 7) is 8.59. The van der Waals surface area contributed by atoms with Crippen molar-refractivity contribution in [3.05, 3.63) is 35.9 Å². The highest BCUT2D eigenvalue weighted by Crippen LogP contribution is 2.30. The van der Waals surface area contributed by atoms with Gasteiger partial charge in [-0.3, -0.25) is 14.4 Å². The van der Waals surface area contributed by atoms with Crippen LogP contribution in [0.3, 0.4) is 0 Å². The quantitative estimate of drug-likeness (QED) is 0.660. The Labute approximate surface area is 201 Å². The van der Waals surface area contributed by atoms with Crippen LogP contribution in [0.15, 0.2) is 30.3 Å². The maximum absolute atomic E-state index is 13.1. The summed E-state index contributed by atoms with van der Waals surface area (Å²) in [7, 11) is 0. The van der Waals surface area contributed by atoms with Crippen molar-refractivity contribution in [3.63, 3.8) is 0 Å². The largest absolute Gasteiger partial charge is 0.444 e. The van der Waals surface area contributed by atoms with Gasteiger partial charge in [-0.1, -0.05) is 30.3 Å². The van der Waals surface area contributed by atoms with Crippen molar-refractivity contribution in [2.75, 3.05) is 26.2 Å². The number of hydrogen-bond acceptors (Lipinski definition) is 5. The Morgan fingerprint density at radius 2 is 1.76 bits per heavy atom. The molecule has 4 amide bonds. The Bertz CT molecular complexity index is 890. The number of ether oxygens (including phenoxy) is 1. The molecule has 3 rings (SSSR count).